The van der Waals surface area contributed by atoms with Crippen molar-refractivity contribution in [1.29, 1.82) is 0 Å². The van der Waals surface area contributed by atoms with E-state index in [2.05, 4.69) is 0 Å². The third kappa shape index (κ3) is 3.13. The average Bonchev–Trinajstić information content (AvgIpc) is 3.02. The smallest absolute Gasteiger partial charge is 0.328 e. The van der Waals surface area contributed by atoms with E-state index in [1.807, 2.05) is 0 Å². The minimum atomic E-state index is -1.07. The number of primary amides is 1. The molecular weight excluding hydrogens is 292 g/mol. The van der Waals surface area contributed by atoms with Crippen LogP contribution in [0.3, 0.4) is 0 Å². The van der Waals surface area contributed by atoms with Gasteiger partial charge in [-0.25, -0.2) is 4.79 Å². The number of likely N-dealkylation sites (tertiary alicyclic amines) is 1. The van der Waals surface area contributed by atoms with Crippen LogP contribution in [0, 0.1) is 5.41 Å². The second kappa shape index (κ2) is 5.69. The summed E-state index contributed by atoms with van der Waals surface area (Å²) in [5, 5.41) is 10.4. The number of aliphatic carboxylic acids is 1. The molecule has 3 N–H and O–H groups in total. The first kappa shape index (κ1) is 15.2. The molecule has 1 fully saturated rings. The zero-order chi connectivity index (χ0) is 15.6. The molecule has 7 heteroatoms. The van der Waals surface area contributed by atoms with Gasteiger partial charge in [0.25, 0.3) is 5.91 Å². The third-order valence-corrected chi connectivity index (χ3v) is 4.57. The van der Waals surface area contributed by atoms with Crippen molar-refractivity contribution in [2.45, 2.75) is 13.3 Å². The number of amides is 2. The lowest BCUT2D eigenvalue weighted by Gasteiger charge is -2.20. The second-order valence-corrected chi connectivity index (χ2v) is 6.19. The van der Waals surface area contributed by atoms with Gasteiger partial charge in [0, 0.05) is 19.2 Å². The van der Waals surface area contributed by atoms with Crippen LogP contribution in [0.15, 0.2) is 17.5 Å². The summed E-state index contributed by atoms with van der Waals surface area (Å²) in [6.45, 7) is 2.52. The van der Waals surface area contributed by atoms with Gasteiger partial charge in [0.15, 0.2) is 0 Å². The molecule has 2 rings (SSSR count). The maximum Gasteiger partial charge on any atom is 0.328 e. The van der Waals surface area contributed by atoms with E-state index in [9.17, 15) is 14.4 Å². The minimum absolute atomic E-state index is 0.194. The first-order chi connectivity index (χ1) is 9.83. The SMILES string of the molecule is CC1(C(N)=O)CCN(C(=O)c2sccc2/C=C/C(=O)O)C1. The number of carbonyl (C=O) groups excluding carboxylic acids is 2. The molecule has 2 amide bonds. The largest absolute Gasteiger partial charge is 0.478 e. The van der Waals surface area contributed by atoms with Crippen LogP contribution in [-0.2, 0) is 9.59 Å². The Bertz CT molecular complexity index is 622. The molecule has 0 aliphatic carbocycles. The Kier molecular flexibility index (Phi) is 4.13. The highest BCUT2D eigenvalue weighted by Crippen LogP contribution is 2.31. The highest BCUT2D eigenvalue weighted by molar-refractivity contribution is 7.12. The van der Waals surface area contributed by atoms with Gasteiger partial charge in [-0.1, -0.05) is 0 Å². The monoisotopic (exact) mass is 308 g/mol. The van der Waals surface area contributed by atoms with Gasteiger partial charge in [-0.3, -0.25) is 9.59 Å². The van der Waals surface area contributed by atoms with Crippen molar-refractivity contribution in [3.05, 3.63) is 28.0 Å². The minimum Gasteiger partial charge on any atom is -0.478 e. The first-order valence-electron chi connectivity index (χ1n) is 6.41. The van der Waals surface area contributed by atoms with Crippen molar-refractivity contribution in [2.75, 3.05) is 13.1 Å². The van der Waals surface area contributed by atoms with Gasteiger partial charge in [0.2, 0.25) is 5.91 Å². The molecule has 0 radical (unpaired) electrons. The Balaban J connectivity index is 2.17. The van der Waals surface area contributed by atoms with Gasteiger partial charge in [0.1, 0.15) is 0 Å². The summed E-state index contributed by atoms with van der Waals surface area (Å²) in [6.07, 6.45) is 2.94. The van der Waals surface area contributed by atoms with Gasteiger partial charge in [-0.05, 0) is 36.4 Å². The van der Waals surface area contributed by atoms with E-state index in [-0.39, 0.29) is 5.91 Å². The van der Waals surface area contributed by atoms with Crippen LogP contribution in [0.1, 0.15) is 28.6 Å². The number of nitrogens with zero attached hydrogens (tertiary/aromatic N) is 1. The summed E-state index contributed by atoms with van der Waals surface area (Å²) < 4.78 is 0. The van der Waals surface area contributed by atoms with Crippen LogP contribution in [0.2, 0.25) is 0 Å². The number of nitrogens with two attached hydrogens (primary N) is 1. The fourth-order valence-electron chi connectivity index (χ4n) is 2.26. The zero-order valence-corrected chi connectivity index (χ0v) is 12.4. The standard InChI is InChI=1S/C14H16N2O4S/c1-14(13(15)20)5-6-16(8-14)12(19)11-9(4-7-21-11)2-3-10(17)18/h2-4,7H,5-6,8H2,1H3,(H2,15,20)(H,17,18)/b3-2+. The topological polar surface area (TPSA) is 101 Å². The lowest BCUT2D eigenvalue weighted by atomic mass is 9.89. The van der Waals surface area contributed by atoms with E-state index in [1.54, 1.807) is 23.3 Å². The molecular formula is C14H16N2O4S. The molecule has 112 valence electrons. The van der Waals surface area contributed by atoms with E-state index in [0.717, 1.165) is 6.08 Å². The van der Waals surface area contributed by atoms with E-state index < -0.39 is 17.3 Å². The van der Waals surface area contributed by atoms with Crippen molar-refractivity contribution in [2.24, 2.45) is 11.1 Å². The van der Waals surface area contributed by atoms with E-state index in [4.69, 9.17) is 10.8 Å². The maximum absolute atomic E-state index is 12.5. The van der Waals surface area contributed by atoms with Gasteiger partial charge in [-0.15, -0.1) is 11.3 Å². The lowest BCUT2D eigenvalue weighted by molar-refractivity contribution is -0.131. The predicted octanol–water partition coefficient (Wildman–Crippen LogP) is 1.18. The lowest BCUT2D eigenvalue weighted by Crippen LogP contribution is -2.38. The molecule has 1 aromatic heterocycles. The van der Waals surface area contributed by atoms with Crippen LogP contribution in [-0.4, -0.2) is 40.9 Å². The van der Waals surface area contributed by atoms with E-state index in [1.165, 1.54) is 17.4 Å². The molecule has 1 atom stereocenters. The van der Waals surface area contributed by atoms with Crippen LogP contribution in [0.4, 0.5) is 0 Å². The summed E-state index contributed by atoms with van der Waals surface area (Å²) in [4.78, 5) is 36.5. The number of carboxylic acids is 1. The maximum atomic E-state index is 12.5. The summed E-state index contributed by atoms with van der Waals surface area (Å²) >= 11 is 1.25. The van der Waals surface area contributed by atoms with Crippen LogP contribution >= 0.6 is 11.3 Å². The molecule has 0 saturated carbocycles. The molecule has 6 nitrogen and oxygen atoms in total. The Morgan fingerprint density at radius 3 is 2.76 bits per heavy atom. The highest BCUT2D eigenvalue weighted by atomic mass is 32.1. The molecule has 1 aliphatic heterocycles. The fraction of sp³-hybridized carbons (Fsp3) is 0.357. The molecule has 1 aromatic rings. The van der Waals surface area contributed by atoms with Crippen molar-refractivity contribution < 1.29 is 19.5 Å². The van der Waals surface area contributed by atoms with E-state index >= 15 is 0 Å². The Morgan fingerprint density at radius 1 is 1.48 bits per heavy atom. The molecule has 0 bridgehead atoms. The van der Waals surface area contributed by atoms with Crippen molar-refractivity contribution in [1.82, 2.24) is 4.90 Å². The second-order valence-electron chi connectivity index (χ2n) is 5.28. The van der Waals surface area contributed by atoms with Gasteiger partial charge in [0.05, 0.1) is 10.3 Å². The number of hydrogen-bond donors (Lipinski definition) is 2. The summed E-state index contributed by atoms with van der Waals surface area (Å²) in [5.74, 6) is -1.67. The number of thiophene rings is 1. The van der Waals surface area contributed by atoms with Crippen molar-refractivity contribution in [3.8, 4) is 0 Å². The van der Waals surface area contributed by atoms with Crippen molar-refractivity contribution >= 4 is 35.2 Å². The fourth-order valence-corrected chi connectivity index (χ4v) is 3.12. The predicted molar refractivity (Wildman–Crippen MR) is 78.8 cm³/mol. The van der Waals surface area contributed by atoms with Gasteiger partial charge in [-0.2, -0.15) is 0 Å². The van der Waals surface area contributed by atoms with E-state index in [0.29, 0.717) is 30.0 Å². The Labute approximate surface area is 125 Å². The number of hydrogen-bond acceptors (Lipinski definition) is 4. The van der Waals surface area contributed by atoms with Crippen LogP contribution < -0.4 is 5.73 Å². The first-order valence-corrected chi connectivity index (χ1v) is 7.29. The molecule has 21 heavy (non-hydrogen) atoms. The number of carboxylic acid groups (broad SMARTS) is 1. The molecule has 0 aromatic carbocycles. The molecule has 0 spiro atoms. The summed E-state index contributed by atoms with van der Waals surface area (Å²) in [5.41, 5.74) is 5.25. The average molecular weight is 308 g/mol. The Morgan fingerprint density at radius 2 is 2.19 bits per heavy atom. The Hall–Kier alpha value is -2.15. The quantitative estimate of drug-likeness (QED) is 0.816. The molecule has 1 aliphatic rings. The van der Waals surface area contributed by atoms with Crippen LogP contribution in [0.25, 0.3) is 6.08 Å². The van der Waals surface area contributed by atoms with Crippen LogP contribution in [0.5, 0.6) is 0 Å². The van der Waals surface area contributed by atoms with Gasteiger partial charge < -0.3 is 15.7 Å². The van der Waals surface area contributed by atoms with Gasteiger partial charge >= 0.3 is 5.97 Å². The summed E-state index contributed by atoms with van der Waals surface area (Å²) in [6, 6.07) is 1.70. The third-order valence-electron chi connectivity index (χ3n) is 3.65. The zero-order valence-electron chi connectivity index (χ0n) is 11.5. The normalized spacial score (nSPS) is 21.9. The number of carbonyl (C=O) groups is 3. The van der Waals surface area contributed by atoms with Crippen molar-refractivity contribution in [3.63, 3.8) is 0 Å². The highest BCUT2D eigenvalue weighted by Gasteiger charge is 2.41. The molecule has 2 heterocycles. The molecule has 1 saturated heterocycles. The molecule has 1 unspecified atom stereocenters. The summed E-state index contributed by atoms with van der Waals surface area (Å²) in [7, 11) is 0. The number of rotatable bonds is 4.